The average molecular weight is 772 g/mol. The monoisotopic (exact) mass is 771 g/mol. The molecule has 0 spiro atoms. The van der Waals surface area contributed by atoms with Gasteiger partial charge in [0.1, 0.15) is 0 Å². The van der Waals surface area contributed by atoms with Gasteiger partial charge in [-0.05, 0) is 49.1 Å². The number of ether oxygens (including phenoxy) is 5. The fourth-order valence-electron chi connectivity index (χ4n) is 6.37. The fourth-order valence-corrected chi connectivity index (χ4v) is 7.22. The number of morpholine rings is 1. The molecule has 4 heterocycles. The van der Waals surface area contributed by atoms with Crippen LogP contribution in [0.15, 0.2) is 41.8 Å². The molecule has 0 saturated carbocycles. The van der Waals surface area contributed by atoms with Crippen molar-refractivity contribution in [3.8, 4) is 17.0 Å². The molecule has 3 aliphatic heterocycles. The number of hydrogen-bond acceptors (Lipinski definition) is 12. The van der Waals surface area contributed by atoms with E-state index in [0.29, 0.717) is 37.4 Å². The van der Waals surface area contributed by atoms with Crippen molar-refractivity contribution >= 4 is 45.8 Å². The van der Waals surface area contributed by atoms with Crippen molar-refractivity contribution in [1.29, 1.82) is 0 Å². The van der Waals surface area contributed by atoms with E-state index >= 15 is 0 Å². The molecule has 3 fully saturated rings. The zero-order valence-corrected chi connectivity index (χ0v) is 30.4. The van der Waals surface area contributed by atoms with E-state index < -0.39 is 24.1 Å². The quantitative estimate of drug-likeness (QED) is 0.121. The fraction of sp³-hybridized carbons (Fsp3) is 0.486. The first kappa shape index (κ1) is 39.2. The van der Waals surface area contributed by atoms with Gasteiger partial charge >= 0.3 is 0 Å². The minimum atomic E-state index is -1.19. The number of fused-ring (bicyclic) bond motifs is 2. The molecule has 3 N–H and O–H groups in total. The molecule has 4 amide bonds. The van der Waals surface area contributed by atoms with Gasteiger partial charge in [0.15, 0.2) is 23.3 Å². The van der Waals surface area contributed by atoms with Crippen molar-refractivity contribution in [2.45, 2.75) is 50.2 Å². The molecule has 2 aromatic carbocycles. The summed E-state index contributed by atoms with van der Waals surface area (Å²) in [5.74, 6) is -4.35. The molecule has 3 unspecified atom stereocenters. The lowest BCUT2D eigenvalue weighted by molar-refractivity contribution is -0.134. The predicted molar refractivity (Wildman–Crippen MR) is 193 cm³/mol. The van der Waals surface area contributed by atoms with Crippen LogP contribution in [0.25, 0.3) is 11.3 Å². The number of carbonyl (C=O) groups excluding carboxylic acids is 4. The van der Waals surface area contributed by atoms with Crippen LogP contribution in [-0.2, 0) is 38.1 Å². The van der Waals surface area contributed by atoms with Crippen molar-refractivity contribution in [1.82, 2.24) is 15.6 Å². The summed E-state index contributed by atoms with van der Waals surface area (Å²) in [4.78, 5) is 54.9. The van der Waals surface area contributed by atoms with Gasteiger partial charge in [-0.25, -0.2) is 9.37 Å². The van der Waals surface area contributed by atoms with Crippen molar-refractivity contribution < 1.29 is 51.6 Å². The van der Waals surface area contributed by atoms with Gasteiger partial charge in [-0.15, -0.1) is 11.3 Å². The molecular weight excluding hydrogens is 728 g/mol. The molecule has 1 aromatic heterocycles. The Morgan fingerprint density at radius 3 is 2.33 bits per heavy atom. The first-order valence-electron chi connectivity index (χ1n) is 17.9. The standard InChI is InChI=1S/C37H43F2N5O9S/c38-29-9-7-28(30-22-54-37(42-30)44-19-25-5-6-26(20-44)53-25)35(34(29)39)52-21-33(47)40-12-14-50-16-18-51-17-15-49-13-11-32(46)41-24-3-1-23(2-4-24)27-8-10-31(45)43-36(27)48/h1-4,7,9,22,25-27H,5-6,8,10-21H2,(H,40,47)(H,41,46)(H,43,45,48). The number of nitrogens with one attached hydrogen (secondary N) is 3. The molecular formula is C37H43F2N5O9S. The number of nitrogens with zero attached hydrogens (tertiary/aromatic N) is 2. The highest BCUT2D eigenvalue weighted by atomic mass is 32.1. The zero-order chi connectivity index (χ0) is 37.9. The molecule has 3 atom stereocenters. The average Bonchev–Trinajstić information content (AvgIpc) is 3.79. The van der Waals surface area contributed by atoms with Crippen LogP contribution in [0.2, 0.25) is 0 Å². The summed E-state index contributed by atoms with van der Waals surface area (Å²) in [5, 5.41) is 10.3. The lowest BCUT2D eigenvalue weighted by Gasteiger charge is -2.31. The lowest BCUT2D eigenvalue weighted by atomic mass is 9.90. The summed E-state index contributed by atoms with van der Waals surface area (Å²) >= 11 is 1.41. The summed E-state index contributed by atoms with van der Waals surface area (Å²) in [6.07, 6.45) is 3.30. The second-order valence-corrected chi connectivity index (χ2v) is 13.9. The molecule has 17 heteroatoms. The number of thiazole rings is 1. The predicted octanol–water partition coefficient (Wildman–Crippen LogP) is 3.55. The zero-order valence-electron chi connectivity index (χ0n) is 29.6. The number of rotatable bonds is 19. The van der Waals surface area contributed by atoms with Crippen LogP contribution in [0.4, 0.5) is 19.6 Å². The van der Waals surface area contributed by atoms with E-state index in [-0.39, 0.29) is 86.6 Å². The maximum atomic E-state index is 14.8. The molecule has 3 aromatic rings. The number of anilines is 2. The summed E-state index contributed by atoms with van der Waals surface area (Å²) in [5.41, 5.74) is 2.07. The van der Waals surface area contributed by atoms with Gasteiger partial charge in [-0.1, -0.05) is 12.1 Å². The number of benzene rings is 2. The van der Waals surface area contributed by atoms with Gasteiger partial charge in [-0.3, -0.25) is 24.5 Å². The highest BCUT2D eigenvalue weighted by Crippen LogP contribution is 2.38. The highest BCUT2D eigenvalue weighted by molar-refractivity contribution is 7.14. The Morgan fingerprint density at radius 1 is 0.907 bits per heavy atom. The van der Waals surface area contributed by atoms with Crippen molar-refractivity contribution in [2.24, 2.45) is 0 Å². The Bertz CT molecular complexity index is 1770. The van der Waals surface area contributed by atoms with Crippen LogP contribution in [0.1, 0.15) is 43.6 Å². The molecule has 3 saturated heterocycles. The van der Waals surface area contributed by atoms with Gasteiger partial charge < -0.3 is 39.2 Å². The topological polar surface area (TPSA) is 167 Å². The van der Waals surface area contributed by atoms with Gasteiger partial charge in [0.25, 0.3) is 5.91 Å². The van der Waals surface area contributed by atoms with Crippen LogP contribution in [0.3, 0.4) is 0 Å². The number of halogens is 2. The van der Waals surface area contributed by atoms with E-state index in [4.69, 9.17) is 23.7 Å². The Labute approximate surface area is 314 Å². The highest BCUT2D eigenvalue weighted by Gasteiger charge is 2.35. The molecule has 3 aliphatic rings. The number of imide groups is 1. The second kappa shape index (κ2) is 19.2. The lowest BCUT2D eigenvalue weighted by Crippen LogP contribution is -2.42. The van der Waals surface area contributed by atoms with E-state index in [1.807, 2.05) is 0 Å². The van der Waals surface area contributed by atoms with Gasteiger partial charge in [-0.2, -0.15) is 4.39 Å². The third kappa shape index (κ3) is 10.8. The van der Waals surface area contributed by atoms with E-state index in [2.05, 4.69) is 25.8 Å². The maximum absolute atomic E-state index is 14.8. The summed E-state index contributed by atoms with van der Waals surface area (Å²) in [6, 6.07) is 9.38. The Morgan fingerprint density at radius 2 is 1.61 bits per heavy atom. The molecule has 0 aliphatic carbocycles. The largest absolute Gasteiger partial charge is 0.480 e. The second-order valence-electron chi connectivity index (χ2n) is 13.0. The number of piperidine rings is 1. The van der Waals surface area contributed by atoms with Crippen molar-refractivity contribution in [3.63, 3.8) is 0 Å². The normalized spacial score (nSPS) is 19.4. The summed E-state index contributed by atoms with van der Waals surface area (Å²) in [7, 11) is 0. The number of amides is 4. The molecule has 14 nitrogen and oxygen atoms in total. The van der Waals surface area contributed by atoms with E-state index in [1.54, 1.807) is 29.6 Å². The third-order valence-electron chi connectivity index (χ3n) is 9.10. The minimum Gasteiger partial charge on any atom is -0.480 e. The number of aromatic nitrogens is 1. The molecule has 6 rings (SSSR count). The summed E-state index contributed by atoms with van der Waals surface area (Å²) in [6.45, 7) is 2.68. The van der Waals surface area contributed by atoms with Crippen LogP contribution in [0.5, 0.6) is 5.75 Å². The summed E-state index contributed by atoms with van der Waals surface area (Å²) < 4.78 is 56.7. The molecule has 54 heavy (non-hydrogen) atoms. The number of hydrogen-bond donors (Lipinski definition) is 3. The van der Waals surface area contributed by atoms with Crippen LogP contribution in [0, 0.1) is 11.6 Å². The van der Waals surface area contributed by atoms with Crippen LogP contribution in [-0.4, -0.2) is 107 Å². The molecule has 290 valence electrons. The van der Waals surface area contributed by atoms with Gasteiger partial charge in [0, 0.05) is 42.7 Å². The third-order valence-corrected chi connectivity index (χ3v) is 10.0. The minimum absolute atomic E-state index is 0.149. The Kier molecular flexibility index (Phi) is 13.9. The van der Waals surface area contributed by atoms with E-state index in [0.717, 1.165) is 42.7 Å². The van der Waals surface area contributed by atoms with Crippen molar-refractivity contribution in [2.75, 3.05) is 76.1 Å². The number of carbonyl (C=O) groups is 4. The van der Waals surface area contributed by atoms with E-state index in [1.165, 1.54) is 17.4 Å². The van der Waals surface area contributed by atoms with Gasteiger partial charge in [0.05, 0.1) is 69.9 Å². The SMILES string of the molecule is O=C(COc1c(-c2csc(N3CC4CCC(C3)O4)n2)ccc(F)c1F)NCCOCCOCCOCCC(=O)Nc1ccc(C2CCC(=O)NC2=O)cc1. The van der Waals surface area contributed by atoms with Crippen LogP contribution >= 0.6 is 11.3 Å². The first-order valence-corrected chi connectivity index (χ1v) is 18.8. The maximum Gasteiger partial charge on any atom is 0.258 e. The first-order chi connectivity index (χ1) is 26.2. The smallest absolute Gasteiger partial charge is 0.258 e. The van der Waals surface area contributed by atoms with Crippen LogP contribution < -0.4 is 25.6 Å². The Hall–Kier alpha value is -4.55. The molecule has 0 radical (unpaired) electrons. The van der Waals surface area contributed by atoms with Crippen molar-refractivity contribution in [3.05, 3.63) is 59.0 Å². The van der Waals surface area contributed by atoms with Gasteiger partial charge in [0.2, 0.25) is 23.5 Å². The van der Waals surface area contributed by atoms with E-state index in [9.17, 15) is 28.0 Å². The molecule has 2 bridgehead atoms. The Balaban J connectivity index is 0.790.